The summed E-state index contributed by atoms with van der Waals surface area (Å²) in [7, 11) is 3.20. The molecule has 158 valence electrons. The summed E-state index contributed by atoms with van der Waals surface area (Å²) in [6, 6.07) is 13.2. The van der Waals surface area contributed by atoms with Crippen molar-refractivity contribution in [3.05, 3.63) is 65.5 Å². The summed E-state index contributed by atoms with van der Waals surface area (Å²) in [5.41, 5.74) is 2.36. The van der Waals surface area contributed by atoms with E-state index in [1.165, 1.54) is 22.0 Å². The molecule has 0 saturated carbocycles. The van der Waals surface area contributed by atoms with Crippen molar-refractivity contribution in [3.8, 4) is 5.75 Å². The second kappa shape index (κ2) is 9.07. The van der Waals surface area contributed by atoms with E-state index in [2.05, 4.69) is 5.10 Å². The van der Waals surface area contributed by atoms with Crippen LogP contribution in [0, 0.1) is 11.7 Å². The number of hydrogen-bond donors (Lipinski definition) is 0. The van der Waals surface area contributed by atoms with Crippen LogP contribution in [-0.2, 0) is 9.59 Å². The van der Waals surface area contributed by atoms with Crippen LogP contribution in [0.25, 0.3) is 0 Å². The third-order valence-corrected chi connectivity index (χ3v) is 5.07. The number of amides is 2. The van der Waals surface area contributed by atoms with Crippen LogP contribution in [-0.4, -0.2) is 48.1 Å². The normalized spacial score (nSPS) is 15.9. The summed E-state index contributed by atoms with van der Waals surface area (Å²) in [6.07, 6.45) is 0.479. The Bertz CT molecular complexity index is 956. The average Bonchev–Trinajstić information content (AvgIpc) is 3.19. The highest BCUT2D eigenvalue weighted by Gasteiger charge is 2.34. The quantitative estimate of drug-likeness (QED) is 0.729. The molecule has 0 aliphatic carbocycles. The lowest BCUT2D eigenvalue weighted by molar-refractivity contribution is -0.142. The first-order valence-electron chi connectivity index (χ1n) is 9.84. The summed E-state index contributed by atoms with van der Waals surface area (Å²) in [4.78, 5) is 26.7. The van der Waals surface area contributed by atoms with E-state index < -0.39 is 0 Å². The Morgan fingerprint density at radius 1 is 1.23 bits per heavy atom. The summed E-state index contributed by atoms with van der Waals surface area (Å²) in [6.45, 7) is 3.50. The van der Waals surface area contributed by atoms with Crippen LogP contribution >= 0.6 is 0 Å². The van der Waals surface area contributed by atoms with Crippen LogP contribution in [0.1, 0.15) is 37.4 Å². The van der Waals surface area contributed by atoms with Gasteiger partial charge in [-0.05, 0) is 29.8 Å². The maximum absolute atomic E-state index is 13.4. The number of rotatable bonds is 6. The molecule has 1 aliphatic heterocycles. The zero-order chi connectivity index (χ0) is 21.8. The topological polar surface area (TPSA) is 62.2 Å². The first-order valence-corrected chi connectivity index (χ1v) is 9.84. The van der Waals surface area contributed by atoms with Gasteiger partial charge in [-0.15, -0.1) is 0 Å². The monoisotopic (exact) mass is 411 g/mol. The number of likely N-dealkylation sites (N-methyl/N-ethyl adjacent to an activating group) is 1. The first kappa shape index (κ1) is 21.5. The summed E-state index contributed by atoms with van der Waals surface area (Å²) in [5, 5.41) is 5.99. The molecule has 7 heteroatoms. The van der Waals surface area contributed by atoms with Gasteiger partial charge in [-0.25, -0.2) is 9.40 Å². The van der Waals surface area contributed by atoms with Gasteiger partial charge in [0.2, 0.25) is 5.91 Å². The Kier molecular flexibility index (Phi) is 6.50. The predicted molar refractivity (Wildman–Crippen MR) is 113 cm³/mol. The molecular formula is C23H26FN3O3. The van der Waals surface area contributed by atoms with Crippen molar-refractivity contribution in [3.63, 3.8) is 0 Å². The maximum atomic E-state index is 13.4. The van der Waals surface area contributed by atoms with Gasteiger partial charge in [0.25, 0.3) is 5.91 Å². The lowest BCUT2D eigenvalue weighted by atomic mass is 9.98. The Hall–Kier alpha value is -3.22. The number of ether oxygens (including phenoxy) is 1. The second-order valence-electron chi connectivity index (χ2n) is 7.64. The maximum Gasteiger partial charge on any atom is 0.262 e. The third-order valence-electron chi connectivity index (χ3n) is 5.07. The molecule has 6 nitrogen and oxygen atoms in total. The highest BCUT2D eigenvalue weighted by atomic mass is 19.1. The van der Waals surface area contributed by atoms with Crippen molar-refractivity contribution >= 4 is 17.5 Å². The highest BCUT2D eigenvalue weighted by Crippen LogP contribution is 2.33. The molecule has 1 atom stereocenters. The molecule has 3 rings (SSSR count). The molecule has 0 aromatic heterocycles. The minimum atomic E-state index is -0.373. The van der Waals surface area contributed by atoms with E-state index in [0.29, 0.717) is 12.2 Å². The number of carbonyl (C=O) groups excluding carboxylic acids is 2. The van der Waals surface area contributed by atoms with Crippen molar-refractivity contribution in [2.45, 2.75) is 26.3 Å². The van der Waals surface area contributed by atoms with Crippen LogP contribution in [0.3, 0.4) is 0 Å². The molecule has 0 radical (unpaired) electrons. The van der Waals surface area contributed by atoms with E-state index in [4.69, 9.17) is 4.74 Å². The Labute approximate surface area is 175 Å². The average molecular weight is 411 g/mol. The minimum absolute atomic E-state index is 0.0798. The Morgan fingerprint density at radius 3 is 2.57 bits per heavy atom. The summed E-state index contributed by atoms with van der Waals surface area (Å²) < 4.78 is 18.7. The van der Waals surface area contributed by atoms with Crippen LogP contribution in [0.15, 0.2) is 53.6 Å². The minimum Gasteiger partial charge on any atom is -0.497 e. The van der Waals surface area contributed by atoms with Gasteiger partial charge in [0.05, 0.1) is 18.9 Å². The van der Waals surface area contributed by atoms with Crippen molar-refractivity contribution in [1.29, 1.82) is 0 Å². The van der Waals surface area contributed by atoms with E-state index in [1.54, 1.807) is 40.1 Å². The predicted octanol–water partition coefficient (Wildman–Crippen LogP) is 3.63. The standard InChI is InChI=1S/C23H26FN3O3/c1-15(2)23(29)26(3)14-22(28)27-21(16-8-10-18(24)11-9-16)13-20(25-27)17-6-5-7-19(12-17)30-4/h5-12,15,21H,13-14H2,1-4H3/t21-/m1/s1. The molecule has 2 amide bonds. The van der Waals surface area contributed by atoms with E-state index in [9.17, 15) is 14.0 Å². The number of hydrogen-bond acceptors (Lipinski definition) is 4. The molecule has 0 saturated heterocycles. The van der Waals surface area contributed by atoms with E-state index in [-0.39, 0.29) is 36.1 Å². The molecule has 0 bridgehead atoms. The van der Waals surface area contributed by atoms with Crippen LogP contribution < -0.4 is 4.74 Å². The van der Waals surface area contributed by atoms with E-state index in [1.807, 2.05) is 24.3 Å². The number of hydrazone groups is 1. The van der Waals surface area contributed by atoms with Gasteiger partial charge in [0.15, 0.2) is 0 Å². The fourth-order valence-electron chi connectivity index (χ4n) is 3.46. The first-order chi connectivity index (χ1) is 14.3. The summed E-state index contributed by atoms with van der Waals surface area (Å²) in [5.74, 6) is -0.256. The lowest BCUT2D eigenvalue weighted by Gasteiger charge is -2.25. The van der Waals surface area contributed by atoms with Crippen LogP contribution in [0.5, 0.6) is 5.75 Å². The molecule has 0 unspecified atom stereocenters. The SMILES string of the molecule is COc1cccc(C2=NN(C(=O)CN(C)C(=O)C(C)C)[C@@H](c3ccc(F)cc3)C2)c1. The van der Waals surface area contributed by atoms with Gasteiger partial charge >= 0.3 is 0 Å². The van der Waals surface area contributed by atoms with Crippen molar-refractivity contribution in [1.82, 2.24) is 9.91 Å². The van der Waals surface area contributed by atoms with Gasteiger partial charge in [0.1, 0.15) is 18.1 Å². The number of benzene rings is 2. The number of halogens is 1. The molecule has 0 spiro atoms. The molecule has 2 aromatic rings. The lowest BCUT2D eigenvalue weighted by Crippen LogP contribution is -2.40. The Balaban J connectivity index is 1.91. The van der Waals surface area contributed by atoms with E-state index in [0.717, 1.165) is 16.8 Å². The van der Waals surface area contributed by atoms with Gasteiger partial charge in [-0.2, -0.15) is 5.10 Å². The Morgan fingerprint density at radius 2 is 1.93 bits per heavy atom. The van der Waals surface area contributed by atoms with Gasteiger partial charge < -0.3 is 9.64 Å². The van der Waals surface area contributed by atoms with Crippen molar-refractivity contribution in [2.24, 2.45) is 11.0 Å². The van der Waals surface area contributed by atoms with Crippen LogP contribution in [0.2, 0.25) is 0 Å². The van der Waals surface area contributed by atoms with Gasteiger partial charge in [-0.3, -0.25) is 9.59 Å². The number of carbonyl (C=O) groups is 2. The largest absolute Gasteiger partial charge is 0.497 e. The molecule has 1 heterocycles. The van der Waals surface area contributed by atoms with Crippen LogP contribution in [0.4, 0.5) is 4.39 Å². The highest BCUT2D eigenvalue weighted by molar-refractivity contribution is 6.03. The van der Waals surface area contributed by atoms with Crippen molar-refractivity contribution < 1.29 is 18.7 Å². The number of nitrogens with zero attached hydrogens (tertiary/aromatic N) is 3. The van der Waals surface area contributed by atoms with Gasteiger partial charge in [-0.1, -0.05) is 38.1 Å². The molecule has 1 aliphatic rings. The molecule has 30 heavy (non-hydrogen) atoms. The van der Waals surface area contributed by atoms with Crippen molar-refractivity contribution in [2.75, 3.05) is 20.7 Å². The fraction of sp³-hybridized carbons (Fsp3) is 0.348. The third kappa shape index (κ3) is 4.67. The number of methoxy groups -OCH3 is 1. The zero-order valence-electron chi connectivity index (χ0n) is 17.6. The smallest absolute Gasteiger partial charge is 0.262 e. The zero-order valence-corrected chi connectivity index (χ0v) is 17.6. The van der Waals surface area contributed by atoms with E-state index >= 15 is 0 Å². The fourth-order valence-corrected chi connectivity index (χ4v) is 3.46. The molecule has 0 fully saturated rings. The molecular weight excluding hydrogens is 385 g/mol. The molecule has 2 aromatic carbocycles. The molecule has 0 N–H and O–H groups in total. The second-order valence-corrected chi connectivity index (χ2v) is 7.64. The summed E-state index contributed by atoms with van der Waals surface area (Å²) >= 11 is 0. The van der Waals surface area contributed by atoms with Gasteiger partial charge in [0, 0.05) is 24.9 Å².